The molecule has 2 rings (SSSR count). The molecule has 25 heavy (non-hydrogen) atoms. The van der Waals surface area contributed by atoms with Crippen molar-refractivity contribution in [2.45, 2.75) is 26.2 Å². The standard InChI is InChI=1S/C19H21NO5/c1-19(2,3)12-4-7-14(8-5-12)25-11-17(22)20-13-6-9-15(18(23)24)16(21)10-13/h4-10,21H,11H2,1-3H3,(H,20,22)(H,23,24). The molecule has 0 saturated heterocycles. The molecule has 3 N–H and O–H groups in total. The predicted octanol–water partition coefficient (Wildman–Crippen LogP) is 3.41. The van der Waals surface area contributed by atoms with E-state index in [1.54, 1.807) is 12.1 Å². The minimum Gasteiger partial charge on any atom is -0.507 e. The smallest absolute Gasteiger partial charge is 0.339 e. The Kier molecular flexibility index (Phi) is 5.32. The molecule has 0 bridgehead atoms. The van der Waals surface area contributed by atoms with Crippen LogP contribution in [0.15, 0.2) is 42.5 Å². The summed E-state index contributed by atoms with van der Waals surface area (Å²) in [5.74, 6) is -1.49. The van der Waals surface area contributed by atoms with E-state index >= 15 is 0 Å². The Balaban J connectivity index is 1.92. The normalized spacial score (nSPS) is 11.0. The largest absolute Gasteiger partial charge is 0.507 e. The van der Waals surface area contributed by atoms with Gasteiger partial charge >= 0.3 is 5.97 Å². The Morgan fingerprint density at radius 2 is 1.72 bits per heavy atom. The third kappa shape index (κ3) is 4.97. The molecule has 0 aliphatic rings. The number of carboxylic acid groups (broad SMARTS) is 1. The Morgan fingerprint density at radius 3 is 2.24 bits per heavy atom. The first-order valence-electron chi connectivity index (χ1n) is 7.76. The molecule has 0 saturated carbocycles. The van der Waals surface area contributed by atoms with Crippen molar-refractivity contribution in [2.75, 3.05) is 11.9 Å². The number of benzene rings is 2. The Labute approximate surface area is 146 Å². The predicted molar refractivity (Wildman–Crippen MR) is 94.3 cm³/mol. The summed E-state index contributed by atoms with van der Waals surface area (Å²) in [4.78, 5) is 22.7. The average Bonchev–Trinajstić information content (AvgIpc) is 2.52. The van der Waals surface area contributed by atoms with Gasteiger partial charge in [-0.15, -0.1) is 0 Å². The van der Waals surface area contributed by atoms with Gasteiger partial charge in [0.2, 0.25) is 0 Å². The highest BCUT2D eigenvalue weighted by molar-refractivity contribution is 5.95. The van der Waals surface area contributed by atoms with Crippen molar-refractivity contribution < 1.29 is 24.5 Å². The summed E-state index contributed by atoms with van der Waals surface area (Å²) in [6, 6.07) is 11.3. The molecule has 0 fully saturated rings. The van der Waals surface area contributed by atoms with Gasteiger partial charge in [-0.3, -0.25) is 4.79 Å². The van der Waals surface area contributed by atoms with E-state index in [0.29, 0.717) is 11.4 Å². The summed E-state index contributed by atoms with van der Waals surface area (Å²) >= 11 is 0. The molecule has 0 radical (unpaired) electrons. The number of carboxylic acids is 1. The molecule has 2 aromatic rings. The molecule has 2 aromatic carbocycles. The first kappa shape index (κ1) is 18.3. The molecular formula is C19H21NO5. The van der Waals surface area contributed by atoms with Crippen LogP contribution in [0.3, 0.4) is 0 Å². The number of carbonyl (C=O) groups is 2. The van der Waals surface area contributed by atoms with Gasteiger partial charge in [-0.05, 0) is 35.2 Å². The molecule has 0 aromatic heterocycles. The number of nitrogens with one attached hydrogen (secondary N) is 1. The van der Waals surface area contributed by atoms with Gasteiger partial charge in [-0.25, -0.2) is 4.79 Å². The van der Waals surface area contributed by atoms with Crippen LogP contribution in [0.4, 0.5) is 5.69 Å². The molecule has 0 aliphatic carbocycles. The van der Waals surface area contributed by atoms with Crippen molar-refractivity contribution in [1.29, 1.82) is 0 Å². The topological polar surface area (TPSA) is 95.9 Å². The molecule has 132 valence electrons. The van der Waals surface area contributed by atoms with Gasteiger partial charge in [0, 0.05) is 11.8 Å². The summed E-state index contributed by atoms with van der Waals surface area (Å²) in [5, 5.41) is 21.0. The Hall–Kier alpha value is -3.02. The van der Waals surface area contributed by atoms with E-state index in [4.69, 9.17) is 9.84 Å². The Morgan fingerprint density at radius 1 is 1.08 bits per heavy atom. The lowest BCUT2D eigenvalue weighted by Gasteiger charge is -2.19. The van der Waals surface area contributed by atoms with Crippen LogP contribution in [0.1, 0.15) is 36.7 Å². The zero-order valence-corrected chi connectivity index (χ0v) is 14.4. The fraction of sp³-hybridized carbons (Fsp3) is 0.263. The highest BCUT2D eigenvalue weighted by Gasteiger charge is 2.14. The quantitative estimate of drug-likeness (QED) is 0.773. The van der Waals surface area contributed by atoms with E-state index in [2.05, 4.69) is 26.1 Å². The SMILES string of the molecule is CC(C)(C)c1ccc(OCC(=O)Nc2ccc(C(=O)O)c(O)c2)cc1. The first-order chi connectivity index (χ1) is 11.7. The van der Waals surface area contributed by atoms with E-state index in [0.717, 1.165) is 0 Å². The van der Waals surface area contributed by atoms with Crippen molar-refractivity contribution in [3.05, 3.63) is 53.6 Å². The second kappa shape index (κ2) is 7.25. The number of amides is 1. The molecule has 0 heterocycles. The molecule has 0 spiro atoms. The zero-order chi connectivity index (χ0) is 18.6. The van der Waals surface area contributed by atoms with E-state index in [9.17, 15) is 14.7 Å². The molecule has 0 atom stereocenters. The summed E-state index contributed by atoms with van der Waals surface area (Å²) in [7, 11) is 0. The monoisotopic (exact) mass is 343 g/mol. The number of hydrogen-bond donors (Lipinski definition) is 3. The molecular weight excluding hydrogens is 322 g/mol. The fourth-order valence-corrected chi connectivity index (χ4v) is 2.19. The summed E-state index contributed by atoms with van der Waals surface area (Å²) in [6.45, 7) is 6.14. The number of rotatable bonds is 5. The second-order valence-corrected chi connectivity index (χ2v) is 6.65. The number of carbonyl (C=O) groups excluding carboxylic acids is 1. The van der Waals surface area contributed by atoms with E-state index in [-0.39, 0.29) is 17.6 Å². The van der Waals surface area contributed by atoms with Gasteiger partial charge in [0.1, 0.15) is 17.1 Å². The minimum absolute atomic E-state index is 0.0417. The Bertz CT molecular complexity index is 775. The maximum atomic E-state index is 11.9. The number of ether oxygens (including phenoxy) is 1. The second-order valence-electron chi connectivity index (χ2n) is 6.65. The van der Waals surface area contributed by atoms with Gasteiger partial charge in [-0.2, -0.15) is 0 Å². The van der Waals surface area contributed by atoms with Crippen molar-refractivity contribution in [3.8, 4) is 11.5 Å². The molecule has 6 heteroatoms. The van der Waals surface area contributed by atoms with Crippen LogP contribution in [-0.2, 0) is 10.2 Å². The molecule has 0 aliphatic heterocycles. The van der Waals surface area contributed by atoms with Crippen molar-refractivity contribution in [2.24, 2.45) is 0 Å². The van der Waals surface area contributed by atoms with Crippen LogP contribution >= 0.6 is 0 Å². The van der Waals surface area contributed by atoms with Crippen LogP contribution in [0.5, 0.6) is 11.5 Å². The number of aromatic hydroxyl groups is 1. The van der Waals surface area contributed by atoms with Gasteiger partial charge in [0.15, 0.2) is 6.61 Å². The number of anilines is 1. The number of phenols is 1. The van der Waals surface area contributed by atoms with Crippen LogP contribution in [0, 0.1) is 0 Å². The lowest BCUT2D eigenvalue weighted by Crippen LogP contribution is -2.20. The summed E-state index contributed by atoms with van der Waals surface area (Å²) in [6.07, 6.45) is 0. The molecule has 6 nitrogen and oxygen atoms in total. The van der Waals surface area contributed by atoms with Crippen molar-refractivity contribution in [1.82, 2.24) is 0 Å². The summed E-state index contributed by atoms with van der Waals surface area (Å²) in [5.41, 5.74) is 1.27. The highest BCUT2D eigenvalue weighted by atomic mass is 16.5. The molecule has 1 amide bonds. The van der Waals surface area contributed by atoms with E-state index in [1.165, 1.54) is 23.8 Å². The lowest BCUT2D eigenvalue weighted by molar-refractivity contribution is -0.118. The van der Waals surface area contributed by atoms with Gasteiger partial charge < -0.3 is 20.3 Å². The van der Waals surface area contributed by atoms with Crippen molar-refractivity contribution >= 4 is 17.6 Å². The van der Waals surface area contributed by atoms with Crippen LogP contribution in [-0.4, -0.2) is 28.7 Å². The fourth-order valence-electron chi connectivity index (χ4n) is 2.19. The maximum Gasteiger partial charge on any atom is 0.339 e. The first-order valence-corrected chi connectivity index (χ1v) is 7.76. The third-order valence-electron chi connectivity index (χ3n) is 3.60. The van der Waals surface area contributed by atoms with Gasteiger partial charge in [0.05, 0.1) is 0 Å². The van der Waals surface area contributed by atoms with E-state index in [1.807, 2.05) is 12.1 Å². The third-order valence-corrected chi connectivity index (χ3v) is 3.60. The van der Waals surface area contributed by atoms with Crippen molar-refractivity contribution in [3.63, 3.8) is 0 Å². The summed E-state index contributed by atoms with van der Waals surface area (Å²) < 4.78 is 5.43. The maximum absolute atomic E-state index is 11.9. The molecule has 0 unspecified atom stereocenters. The van der Waals surface area contributed by atoms with Gasteiger partial charge in [0.25, 0.3) is 5.91 Å². The highest BCUT2D eigenvalue weighted by Crippen LogP contribution is 2.24. The lowest BCUT2D eigenvalue weighted by atomic mass is 9.87. The van der Waals surface area contributed by atoms with Crippen LogP contribution < -0.4 is 10.1 Å². The zero-order valence-electron chi connectivity index (χ0n) is 14.4. The van der Waals surface area contributed by atoms with E-state index < -0.39 is 17.6 Å². The minimum atomic E-state index is -1.24. The van der Waals surface area contributed by atoms with Crippen LogP contribution in [0.25, 0.3) is 0 Å². The number of aromatic carboxylic acids is 1. The number of hydrogen-bond acceptors (Lipinski definition) is 4. The average molecular weight is 343 g/mol. The van der Waals surface area contributed by atoms with Gasteiger partial charge in [-0.1, -0.05) is 32.9 Å². The van der Waals surface area contributed by atoms with Crippen LogP contribution in [0.2, 0.25) is 0 Å².